The number of ether oxygens (including phenoxy) is 1. The van der Waals surface area contributed by atoms with E-state index in [1.807, 2.05) is 29.2 Å². The number of aliphatic carboxylic acids is 1. The summed E-state index contributed by atoms with van der Waals surface area (Å²) in [4.78, 5) is 25.4. The molecule has 2 rings (SSSR count). The van der Waals surface area contributed by atoms with Crippen LogP contribution in [0.15, 0.2) is 24.3 Å². The molecule has 1 heterocycles. The predicted molar refractivity (Wildman–Crippen MR) is 92.2 cm³/mol. The van der Waals surface area contributed by atoms with Crippen molar-refractivity contribution in [2.75, 3.05) is 13.2 Å². The maximum absolute atomic E-state index is 12.7. The number of piperidine rings is 1. The Morgan fingerprint density at radius 3 is 2.92 bits per heavy atom. The fourth-order valence-corrected chi connectivity index (χ4v) is 3.16. The number of carbonyl (C=O) groups is 2. The molecular weight excluding hydrogens is 306 g/mol. The van der Waals surface area contributed by atoms with Crippen molar-refractivity contribution in [3.63, 3.8) is 0 Å². The first-order valence-electron chi connectivity index (χ1n) is 8.83. The van der Waals surface area contributed by atoms with Gasteiger partial charge in [0, 0.05) is 19.0 Å². The summed E-state index contributed by atoms with van der Waals surface area (Å²) in [6.07, 6.45) is 4.91. The molecule has 0 radical (unpaired) electrons. The molecule has 5 nitrogen and oxygen atoms in total. The summed E-state index contributed by atoms with van der Waals surface area (Å²) in [6, 6.07) is 7.73. The minimum atomic E-state index is -0.797. The van der Waals surface area contributed by atoms with Gasteiger partial charge in [0.05, 0.1) is 13.0 Å². The van der Waals surface area contributed by atoms with Crippen LogP contribution in [0.25, 0.3) is 0 Å². The summed E-state index contributed by atoms with van der Waals surface area (Å²) in [5.41, 5.74) is 0.941. The lowest BCUT2D eigenvalue weighted by molar-refractivity contribution is -0.139. The summed E-state index contributed by atoms with van der Waals surface area (Å²) in [5, 5.41) is 8.89. The molecule has 1 N–H and O–H groups in total. The van der Waals surface area contributed by atoms with E-state index in [0.717, 1.165) is 43.5 Å². The van der Waals surface area contributed by atoms with E-state index in [1.54, 1.807) is 0 Å². The number of nitrogens with zero attached hydrogens (tertiary/aromatic N) is 1. The van der Waals surface area contributed by atoms with E-state index < -0.39 is 5.97 Å². The third-order valence-electron chi connectivity index (χ3n) is 4.37. The molecule has 1 aromatic carbocycles. The summed E-state index contributed by atoms with van der Waals surface area (Å²) in [7, 11) is 0. The van der Waals surface area contributed by atoms with Gasteiger partial charge in [-0.1, -0.05) is 19.1 Å². The molecule has 1 atom stereocenters. The van der Waals surface area contributed by atoms with Crippen LogP contribution in [0.5, 0.6) is 5.75 Å². The van der Waals surface area contributed by atoms with E-state index in [0.29, 0.717) is 19.4 Å². The molecule has 0 spiro atoms. The number of carboxylic acids is 1. The van der Waals surface area contributed by atoms with Gasteiger partial charge in [-0.25, -0.2) is 0 Å². The molecule has 0 saturated carbocycles. The molecular formula is C19H27NO4. The van der Waals surface area contributed by atoms with Gasteiger partial charge in [-0.3, -0.25) is 9.59 Å². The van der Waals surface area contributed by atoms with Crippen LogP contribution in [0.2, 0.25) is 0 Å². The first-order chi connectivity index (χ1) is 11.6. The van der Waals surface area contributed by atoms with Crippen LogP contribution in [-0.2, 0) is 16.0 Å². The highest BCUT2D eigenvalue weighted by Crippen LogP contribution is 2.23. The van der Waals surface area contributed by atoms with Crippen molar-refractivity contribution in [1.29, 1.82) is 0 Å². The number of likely N-dealkylation sites (tertiary alicyclic amines) is 1. The maximum atomic E-state index is 12.7. The molecule has 1 saturated heterocycles. The fraction of sp³-hybridized carbons (Fsp3) is 0.579. The Morgan fingerprint density at radius 2 is 2.17 bits per heavy atom. The first kappa shape index (κ1) is 18.3. The van der Waals surface area contributed by atoms with Gasteiger partial charge in [0.1, 0.15) is 5.75 Å². The second kappa shape index (κ2) is 9.30. The lowest BCUT2D eigenvalue weighted by atomic mass is 9.97. The normalized spacial score (nSPS) is 17.5. The second-order valence-electron chi connectivity index (χ2n) is 6.34. The second-order valence-corrected chi connectivity index (χ2v) is 6.34. The smallest absolute Gasteiger partial charge is 0.303 e. The quantitative estimate of drug-likeness (QED) is 0.793. The number of hydrogen-bond donors (Lipinski definition) is 1. The van der Waals surface area contributed by atoms with Gasteiger partial charge in [-0.15, -0.1) is 0 Å². The Morgan fingerprint density at radius 1 is 1.33 bits per heavy atom. The van der Waals surface area contributed by atoms with Crippen LogP contribution >= 0.6 is 0 Å². The van der Waals surface area contributed by atoms with Crippen molar-refractivity contribution in [3.8, 4) is 5.75 Å². The molecule has 0 bridgehead atoms. The summed E-state index contributed by atoms with van der Waals surface area (Å²) in [6.45, 7) is 3.46. The van der Waals surface area contributed by atoms with Crippen LogP contribution in [-0.4, -0.2) is 41.1 Å². The van der Waals surface area contributed by atoms with E-state index in [9.17, 15) is 9.59 Å². The van der Waals surface area contributed by atoms with Crippen LogP contribution < -0.4 is 4.74 Å². The molecule has 0 aromatic heterocycles. The highest BCUT2D eigenvalue weighted by molar-refractivity contribution is 5.79. The van der Waals surface area contributed by atoms with Crippen molar-refractivity contribution in [3.05, 3.63) is 29.8 Å². The monoisotopic (exact) mass is 333 g/mol. The van der Waals surface area contributed by atoms with Crippen LogP contribution in [0.1, 0.15) is 51.0 Å². The van der Waals surface area contributed by atoms with E-state index in [4.69, 9.17) is 9.84 Å². The minimum Gasteiger partial charge on any atom is -0.494 e. The molecule has 1 aromatic rings. The zero-order valence-corrected chi connectivity index (χ0v) is 14.4. The summed E-state index contributed by atoms with van der Waals surface area (Å²) >= 11 is 0. The summed E-state index contributed by atoms with van der Waals surface area (Å²) < 4.78 is 5.62. The molecule has 1 unspecified atom stereocenters. The van der Waals surface area contributed by atoms with Crippen molar-refractivity contribution in [2.24, 2.45) is 0 Å². The SMILES string of the molecule is CCCOc1cccc(CC(=O)N2CCCCC2CCC(=O)O)c1. The molecule has 1 aliphatic rings. The number of carboxylic acid groups (broad SMARTS) is 1. The van der Waals surface area contributed by atoms with E-state index in [2.05, 4.69) is 6.92 Å². The molecule has 5 heteroatoms. The third kappa shape index (κ3) is 5.55. The maximum Gasteiger partial charge on any atom is 0.303 e. The average Bonchev–Trinajstić information content (AvgIpc) is 2.58. The Kier molecular flexibility index (Phi) is 7.09. The van der Waals surface area contributed by atoms with Gasteiger partial charge in [-0.2, -0.15) is 0 Å². The predicted octanol–water partition coefficient (Wildman–Crippen LogP) is 3.26. The Balaban J connectivity index is 1.97. The largest absolute Gasteiger partial charge is 0.494 e. The van der Waals surface area contributed by atoms with Gasteiger partial charge in [-0.05, 0) is 49.8 Å². The third-order valence-corrected chi connectivity index (χ3v) is 4.37. The van der Waals surface area contributed by atoms with Gasteiger partial charge < -0.3 is 14.7 Å². The zero-order valence-electron chi connectivity index (χ0n) is 14.4. The molecule has 132 valence electrons. The van der Waals surface area contributed by atoms with Gasteiger partial charge >= 0.3 is 5.97 Å². The molecule has 1 fully saturated rings. The van der Waals surface area contributed by atoms with Crippen molar-refractivity contribution in [1.82, 2.24) is 4.90 Å². The van der Waals surface area contributed by atoms with Crippen LogP contribution in [0.4, 0.5) is 0 Å². The topological polar surface area (TPSA) is 66.8 Å². The Bertz CT molecular complexity index is 558. The van der Waals surface area contributed by atoms with E-state index in [1.165, 1.54) is 0 Å². The van der Waals surface area contributed by atoms with Gasteiger partial charge in [0.25, 0.3) is 0 Å². The molecule has 24 heavy (non-hydrogen) atoms. The van der Waals surface area contributed by atoms with Crippen molar-refractivity contribution < 1.29 is 19.4 Å². The minimum absolute atomic E-state index is 0.0573. The molecule has 0 aliphatic carbocycles. The number of benzene rings is 1. The fourth-order valence-electron chi connectivity index (χ4n) is 3.16. The highest BCUT2D eigenvalue weighted by Gasteiger charge is 2.26. The van der Waals surface area contributed by atoms with Crippen molar-refractivity contribution >= 4 is 11.9 Å². The first-order valence-corrected chi connectivity index (χ1v) is 8.83. The average molecular weight is 333 g/mol. The van der Waals surface area contributed by atoms with E-state index >= 15 is 0 Å². The van der Waals surface area contributed by atoms with Crippen molar-refractivity contribution in [2.45, 2.75) is 57.9 Å². The number of hydrogen-bond acceptors (Lipinski definition) is 3. The number of amides is 1. The molecule has 1 aliphatic heterocycles. The zero-order chi connectivity index (χ0) is 17.4. The lowest BCUT2D eigenvalue weighted by Crippen LogP contribution is -2.44. The summed E-state index contributed by atoms with van der Waals surface area (Å²) in [5.74, 6) is 0.0784. The van der Waals surface area contributed by atoms with Crippen LogP contribution in [0.3, 0.4) is 0 Å². The van der Waals surface area contributed by atoms with Gasteiger partial charge in [0.2, 0.25) is 5.91 Å². The van der Waals surface area contributed by atoms with Gasteiger partial charge in [0.15, 0.2) is 0 Å². The number of carbonyl (C=O) groups excluding carboxylic acids is 1. The number of rotatable bonds is 8. The van der Waals surface area contributed by atoms with Crippen LogP contribution in [0, 0.1) is 0 Å². The standard InChI is InChI=1S/C19H27NO4/c1-2-12-24-17-8-5-6-15(13-17)14-18(21)20-11-4-3-7-16(20)9-10-19(22)23/h5-6,8,13,16H,2-4,7,9-12,14H2,1H3,(H,22,23). The molecule has 1 amide bonds. The Labute approximate surface area is 143 Å². The Hall–Kier alpha value is -2.04. The van der Waals surface area contributed by atoms with E-state index in [-0.39, 0.29) is 18.4 Å². The highest BCUT2D eigenvalue weighted by atomic mass is 16.5. The lowest BCUT2D eigenvalue weighted by Gasteiger charge is -2.35.